The Morgan fingerprint density at radius 3 is 2.58 bits per heavy atom. The lowest BCUT2D eigenvalue weighted by atomic mass is 10.1. The number of likely N-dealkylation sites (tertiary alicyclic amines) is 1. The highest BCUT2D eigenvalue weighted by Crippen LogP contribution is 2.33. The van der Waals surface area contributed by atoms with Gasteiger partial charge in [0.25, 0.3) is 10.0 Å². The minimum Gasteiger partial charge on any atom is -0.477 e. The second-order valence-electron chi connectivity index (χ2n) is 9.24. The van der Waals surface area contributed by atoms with Gasteiger partial charge < -0.3 is 14.4 Å². The molecule has 1 N–H and O–H groups in total. The Bertz CT molecular complexity index is 1460. The molecule has 38 heavy (non-hydrogen) atoms. The Morgan fingerprint density at radius 1 is 1.24 bits per heavy atom. The predicted molar refractivity (Wildman–Crippen MR) is 138 cm³/mol. The Balaban J connectivity index is 1.57. The number of halogens is 1. The van der Waals surface area contributed by atoms with E-state index in [1.807, 2.05) is 18.6 Å². The number of benzene rings is 1. The third-order valence-corrected chi connectivity index (χ3v) is 7.48. The predicted octanol–water partition coefficient (Wildman–Crippen LogP) is 3.12. The van der Waals surface area contributed by atoms with Crippen LogP contribution in [0.3, 0.4) is 0 Å². The number of rotatable bonds is 9. The Morgan fingerprint density at radius 2 is 1.95 bits per heavy atom. The average molecular weight is 547 g/mol. The number of amides is 1. The van der Waals surface area contributed by atoms with Crippen LogP contribution < -0.4 is 9.46 Å². The van der Waals surface area contributed by atoms with Crippen molar-refractivity contribution in [2.24, 2.45) is 7.05 Å². The zero-order valence-corrected chi connectivity index (χ0v) is 22.6. The number of carbonyl (C=O) groups is 1. The van der Waals surface area contributed by atoms with Gasteiger partial charge in [0, 0.05) is 45.0 Å². The molecular weight excluding hydrogens is 515 g/mol. The smallest absolute Gasteiger partial charge is 0.264 e. The topological polar surface area (TPSA) is 129 Å². The highest BCUT2D eigenvalue weighted by Gasteiger charge is 2.26. The summed E-state index contributed by atoms with van der Waals surface area (Å²) in [5.74, 6) is -0.560. The van der Waals surface area contributed by atoms with Gasteiger partial charge in [0.2, 0.25) is 11.8 Å². The quantitative estimate of drug-likeness (QED) is 0.403. The standard InChI is InChI=1S/C25H31FN6O5S/c1-6-21(33)30-38(34,35)18-7-8-19(20(26)13-18)24-22-23(29-31(24)5)25(28-14-27-22)37-17-9-11-32(12-10-17)16(4)36-15(2)3/h7-8,13-15,17H,4,6,9-12H2,1-3,5H3,(H,30,33). The van der Waals surface area contributed by atoms with Crippen LogP contribution in [0.2, 0.25) is 0 Å². The van der Waals surface area contributed by atoms with Crippen LogP contribution in [0, 0.1) is 5.82 Å². The number of carbonyl (C=O) groups excluding carboxylic acids is 1. The first-order valence-corrected chi connectivity index (χ1v) is 13.8. The van der Waals surface area contributed by atoms with Crippen molar-refractivity contribution in [3.05, 3.63) is 42.8 Å². The second kappa shape index (κ2) is 10.9. The first-order valence-electron chi connectivity index (χ1n) is 12.3. The normalized spacial score (nSPS) is 14.6. The molecule has 0 atom stereocenters. The van der Waals surface area contributed by atoms with Gasteiger partial charge in [-0.15, -0.1) is 0 Å². The number of aromatic nitrogens is 4. The van der Waals surface area contributed by atoms with E-state index in [9.17, 15) is 13.2 Å². The van der Waals surface area contributed by atoms with Gasteiger partial charge in [-0.1, -0.05) is 6.92 Å². The van der Waals surface area contributed by atoms with E-state index in [1.54, 1.807) is 7.05 Å². The first kappa shape index (κ1) is 27.3. The lowest BCUT2D eigenvalue weighted by Crippen LogP contribution is -2.38. The number of hydrogen-bond donors (Lipinski definition) is 1. The summed E-state index contributed by atoms with van der Waals surface area (Å²) < 4.78 is 55.2. The molecule has 3 aromatic rings. The van der Waals surface area contributed by atoms with E-state index < -0.39 is 21.7 Å². The molecule has 1 fully saturated rings. The third-order valence-electron chi connectivity index (χ3n) is 6.11. The van der Waals surface area contributed by atoms with Gasteiger partial charge in [-0.2, -0.15) is 10.1 Å². The van der Waals surface area contributed by atoms with Crippen LogP contribution in [-0.2, 0) is 26.6 Å². The van der Waals surface area contributed by atoms with Gasteiger partial charge in [-0.05, 0) is 38.6 Å². The Labute approximate surface area is 220 Å². The number of hydrogen-bond acceptors (Lipinski definition) is 9. The third kappa shape index (κ3) is 5.72. The number of piperidine rings is 1. The minimum absolute atomic E-state index is 0.0220. The average Bonchev–Trinajstić information content (AvgIpc) is 3.20. The van der Waals surface area contributed by atoms with Crippen LogP contribution in [0.4, 0.5) is 4.39 Å². The lowest BCUT2D eigenvalue weighted by molar-refractivity contribution is -0.119. The summed E-state index contributed by atoms with van der Waals surface area (Å²) in [7, 11) is -2.57. The molecule has 1 amide bonds. The summed E-state index contributed by atoms with van der Waals surface area (Å²) in [5.41, 5.74) is 1.16. The zero-order chi connectivity index (χ0) is 27.6. The molecule has 1 saturated heterocycles. The first-order chi connectivity index (χ1) is 18.0. The van der Waals surface area contributed by atoms with Crippen LogP contribution in [-0.4, -0.2) is 64.3 Å². The zero-order valence-electron chi connectivity index (χ0n) is 21.8. The fraction of sp³-hybridized carbons (Fsp3) is 0.440. The fourth-order valence-electron chi connectivity index (χ4n) is 4.23. The van der Waals surface area contributed by atoms with Gasteiger partial charge in [-0.25, -0.2) is 22.5 Å². The summed E-state index contributed by atoms with van der Waals surface area (Å²) in [4.78, 5) is 21.8. The van der Waals surface area contributed by atoms with E-state index in [0.29, 0.717) is 22.6 Å². The lowest BCUT2D eigenvalue weighted by Gasteiger charge is -2.34. The summed E-state index contributed by atoms with van der Waals surface area (Å²) in [6.07, 6.45) is 2.70. The molecular formula is C25H31FN6O5S. The van der Waals surface area contributed by atoms with E-state index in [-0.39, 0.29) is 35.0 Å². The molecule has 0 saturated carbocycles. The van der Waals surface area contributed by atoms with Crippen molar-refractivity contribution in [1.82, 2.24) is 29.4 Å². The molecule has 1 aromatic carbocycles. The molecule has 0 aliphatic carbocycles. The van der Waals surface area contributed by atoms with Gasteiger partial charge in [-0.3, -0.25) is 9.48 Å². The number of nitrogens with zero attached hydrogens (tertiary/aromatic N) is 5. The Hall–Kier alpha value is -3.74. The molecule has 204 valence electrons. The van der Waals surface area contributed by atoms with Crippen molar-refractivity contribution >= 4 is 27.0 Å². The molecule has 0 unspecified atom stereocenters. The number of nitrogens with one attached hydrogen (secondary N) is 1. The maximum atomic E-state index is 15.2. The van der Waals surface area contributed by atoms with Gasteiger partial charge in [0.05, 0.1) is 16.7 Å². The van der Waals surface area contributed by atoms with Crippen molar-refractivity contribution in [3.8, 4) is 17.1 Å². The molecule has 3 heterocycles. The molecule has 13 heteroatoms. The summed E-state index contributed by atoms with van der Waals surface area (Å²) >= 11 is 0. The molecule has 4 rings (SSSR count). The summed E-state index contributed by atoms with van der Waals surface area (Å²) in [5, 5.41) is 4.47. The van der Waals surface area contributed by atoms with E-state index in [1.165, 1.54) is 30.1 Å². The van der Waals surface area contributed by atoms with E-state index in [4.69, 9.17) is 9.47 Å². The molecule has 2 aromatic heterocycles. The van der Waals surface area contributed by atoms with Crippen molar-refractivity contribution < 1.29 is 27.1 Å². The molecule has 0 radical (unpaired) electrons. The molecule has 11 nitrogen and oxygen atoms in total. The molecule has 0 spiro atoms. The number of ether oxygens (including phenoxy) is 2. The number of aryl methyl sites for hydroxylation is 1. The summed E-state index contributed by atoms with van der Waals surface area (Å²) in [6, 6.07) is 3.41. The number of sulfonamides is 1. The van der Waals surface area contributed by atoms with Crippen LogP contribution in [0.1, 0.15) is 40.0 Å². The SMILES string of the molecule is C=C(OC(C)C)N1CCC(Oc2ncnc3c(-c4ccc(S(=O)(=O)NC(=O)CC)cc4F)n(C)nc23)CC1. The highest BCUT2D eigenvalue weighted by molar-refractivity contribution is 7.90. The van der Waals surface area contributed by atoms with E-state index in [0.717, 1.165) is 32.0 Å². The van der Waals surface area contributed by atoms with Crippen molar-refractivity contribution in [2.75, 3.05) is 13.1 Å². The number of fused-ring (bicyclic) bond motifs is 1. The van der Waals surface area contributed by atoms with Crippen LogP contribution in [0.5, 0.6) is 5.88 Å². The largest absolute Gasteiger partial charge is 0.477 e. The van der Waals surface area contributed by atoms with Crippen molar-refractivity contribution in [1.29, 1.82) is 0 Å². The van der Waals surface area contributed by atoms with Crippen LogP contribution in [0.15, 0.2) is 41.9 Å². The highest BCUT2D eigenvalue weighted by atomic mass is 32.2. The van der Waals surface area contributed by atoms with Crippen molar-refractivity contribution in [3.63, 3.8) is 0 Å². The fourth-order valence-corrected chi connectivity index (χ4v) is 5.30. The maximum Gasteiger partial charge on any atom is 0.264 e. The molecule has 1 aliphatic heterocycles. The Kier molecular flexibility index (Phi) is 7.86. The van der Waals surface area contributed by atoms with Crippen LogP contribution in [0.25, 0.3) is 22.3 Å². The monoisotopic (exact) mass is 546 g/mol. The van der Waals surface area contributed by atoms with E-state index in [2.05, 4.69) is 26.5 Å². The second-order valence-corrected chi connectivity index (χ2v) is 10.9. The minimum atomic E-state index is -4.20. The summed E-state index contributed by atoms with van der Waals surface area (Å²) in [6.45, 7) is 10.9. The molecule has 1 aliphatic rings. The molecule has 0 bridgehead atoms. The van der Waals surface area contributed by atoms with Gasteiger partial charge >= 0.3 is 0 Å². The van der Waals surface area contributed by atoms with Crippen molar-refractivity contribution in [2.45, 2.75) is 57.1 Å². The van der Waals surface area contributed by atoms with Gasteiger partial charge in [0.15, 0.2) is 11.4 Å². The maximum absolute atomic E-state index is 15.2. The van der Waals surface area contributed by atoms with E-state index >= 15 is 4.39 Å². The van der Waals surface area contributed by atoms with Gasteiger partial charge in [0.1, 0.15) is 23.8 Å². The van der Waals surface area contributed by atoms with Crippen LogP contribution >= 0.6 is 0 Å².